The van der Waals surface area contributed by atoms with Gasteiger partial charge in [-0.1, -0.05) is 32.4 Å². The van der Waals surface area contributed by atoms with Gasteiger partial charge in [0.25, 0.3) is 0 Å². The van der Waals surface area contributed by atoms with Gasteiger partial charge < -0.3 is 69.3 Å². The van der Waals surface area contributed by atoms with Gasteiger partial charge in [-0.25, -0.2) is 0 Å². The Balaban J connectivity index is 0.965. The van der Waals surface area contributed by atoms with Crippen LogP contribution in [0, 0.1) is 40.4 Å². The lowest BCUT2D eigenvalue weighted by Crippen LogP contribution is -2.60. The van der Waals surface area contributed by atoms with E-state index in [2.05, 4.69) is 26.8 Å². The molecule has 1 spiro atoms. The number of hydrogen-bond donors (Lipinski definition) is 8. The van der Waals surface area contributed by atoms with Gasteiger partial charge in [0.2, 0.25) is 0 Å². The molecular weight excluding hydrogens is 680 g/mol. The Kier molecular flexibility index (Phi) is 9.81. The molecule has 3 saturated carbocycles. The third-order valence-electron chi connectivity index (χ3n) is 15.4. The standard InChI is InChI=1S/C38H60O14/c1-17-27-24(51-38(17)10-9-35(2,52-38)16-48-34-32(46)30(44)29(43)25(14-39)49-34)13-22-20-6-5-18-11-19(40)12-26(37(18,4)21(20)7-8-36(22,27)3)50-33-31(45)28(42)23(41)15-47-33/h5,17,19-34,39-46H,6-16H2,1-4H3/t17-,19+,20+,21-,22-,23-,24-,25+,26+,27-,28-,29+,30-,31+,32+,33-,34+,35-,36-,37-,38-/m0/s1. The number of hydrogen-bond acceptors (Lipinski definition) is 14. The van der Waals surface area contributed by atoms with Crippen molar-refractivity contribution in [3.05, 3.63) is 11.6 Å². The van der Waals surface area contributed by atoms with Crippen LogP contribution in [0.2, 0.25) is 0 Å². The summed E-state index contributed by atoms with van der Waals surface area (Å²) < 4.78 is 37.6. The Morgan fingerprint density at radius 3 is 2.37 bits per heavy atom. The number of aliphatic hydroxyl groups is 8. The average molecular weight is 741 g/mol. The van der Waals surface area contributed by atoms with Crippen LogP contribution in [-0.4, -0.2) is 146 Å². The molecule has 0 aromatic carbocycles. The van der Waals surface area contributed by atoms with E-state index in [0.717, 1.165) is 25.7 Å². The van der Waals surface area contributed by atoms with Crippen molar-refractivity contribution >= 4 is 0 Å². The molecule has 4 heterocycles. The zero-order valence-electron chi connectivity index (χ0n) is 30.7. The maximum absolute atomic E-state index is 10.9. The van der Waals surface area contributed by atoms with Crippen LogP contribution in [-0.2, 0) is 28.4 Å². The Labute approximate surface area is 305 Å². The second-order valence-electron chi connectivity index (χ2n) is 18.2. The van der Waals surface area contributed by atoms with Crippen molar-refractivity contribution < 1.29 is 69.3 Å². The SMILES string of the molecule is C[C@H]1[C@H]2[C@H](C[C@H]3[C@@H]4CC=C5C[C@@H](O)C[C@@H](O[C@@H]6OC[C@H](O)[C@H](O)[C@H]6O)[C@]5(C)[C@H]4CC[C@]23C)O[C@]12CC[C@@](C)(CO[C@@H]1O[C@H](CO)[C@@H](O)[C@H](O)[C@H]1O)O2. The van der Waals surface area contributed by atoms with Crippen LogP contribution in [0.15, 0.2) is 11.6 Å². The van der Waals surface area contributed by atoms with Gasteiger partial charge in [-0.15, -0.1) is 0 Å². The number of allylic oxidation sites excluding steroid dienone is 1. The van der Waals surface area contributed by atoms with E-state index in [1.54, 1.807) is 0 Å². The summed E-state index contributed by atoms with van der Waals surface area (Å²) in [6.07, 6.45) is -4.30. The molecule has 0 radical (unpaired) electrons. The molecule has 0 aromatic heterocycles. The van der Waals surface area contributed by atoms with Crippen LogP contribution in [0.1, 0.15) is 79.1 Å². The summed E-state index contributed by atoms with van der Waals surface area (Å²) in [5, 5.41) is 82.5. The van der Waals surface area contributed by atoms with Gasteiger partial charge in [-0.3, -0.25) is 0 Å². The third-order valence-corrected chi connectivity index (χ3v) is 15.4. The molecule has 7 fully saturated rings. The lowest BCUT2D eigenvalue weighted by molar-refractivity contribution is -0.318. The van der Waals surface area contributed by atoms with Crippen LogP contribution < -0.4 is 0 Å². The summed E-state index contributed by atoms with van der Waals surface area (Å²) in [5.41, 5.74) is 0.0704. The molecule has 8 aliphatic rings. The molecule has 0 unspecified atom stereocenters. The van der Waals surface area contributed by atoms with Gasteiger partial charge in [-0.05, 0) is 74.5 Å². The Hall–Kier alpha value is -0.820. The van der Waals surface area contributed by atoms with Crippen molar-refractivity contribution in [2.45, 2.75) is 164 Å². The number of rotatable bonds is 6. The molecular formula is C38H60O14. The number of fused-ring (bicyclic) bond motifs is 7. The van der Waals surface area contributed by atoms with Gasteiger partial charge in [0.1, 0.15) is 42.7 Å². The summed E-state index contributed by atoms with van der Waals surface area (Å²) in [6.45, 7) is 8.30. The van der Waals surface area contributed by atoms with E-state index >= 15 is 0 Å². The Bertz CT molecular complexity index is 1360. The van der Waals surface area contributed by atoms with Crippen molar-refractivity contribution in [1.29, 1.82) is 0 Å². The van der Waals surface area contributed by atoms with E-state index in [4.69, 9.17) is 28.4 Å². The third kappa shape index (κ3) is 5.73. The van der Waals surface area contributed by atoms with Crippen molar-refractivity contribution in [2.24, 2.45) is 40.4 Å². The monoisotopic (exact) mass is 740 g/mol. The first-order chi connectivity index (χ1) is 24.5. The van der Waals surface area contributed by atoms with Gasteiger partial charge in [0, 0.05) is 24.2 Å². The molecule has 14 nitrogen and oxygen atoms in total. The van der Waals surface area contributed by atoms with E-state index in [0.29, 0.717) is 37.5 Å². The minimum Gasteiger partial charge on any atom is -0.394 e. The molecule has 0 amide bonds. The maximum atomic E-state index is 10.9. The highest BCUT2D eigenvalue weighted by Crippen LogP contribution is 2.71. The molecule has 0 bridgehead atoms. The highest BCUT2D eigenvalue weighted by Gasteiger charge is 2.71. The highest BCUT2D eigenvalue weighted by atomic mass is 16.7. The fourth-order valence-electron chi connectivity index (χ4n) is 12.5. The van der Waals surface area contributed by atoms with Crippen molar-refractivity contribution in [1.82, 2.24) is 0 Å². The molecule has 8 rings (SSSR count). The minimum absolute atomic E-state index is 0.0130. The molecule has 4 aliphatic carbocycles. The Morgan fingerprint density at radius 2 is 1.62 bits per heavy atom. The fraction of sp³-hybridized carbons (Fsp3) is 0.947. The zero-order chi connectivity index (χ0) is 37.1. The second-order valence-corrected chi connectivity index (χ2v) is 18.2. The minimum atomic E-state index is -1.51. The van der Waals surface area contributed by atoms with Gasteiger partial charge in [-0.2, -0.15) is 0 Å². The molecule has 8 N–H and O–H groups in total. The van der Waals surface area contributed by atoms with E-state index in [1.165, 1.54) is 5.57 Å². The zero-order valence-corrected chi connectivity index (χ0v) is 30.7. The maximum Gasteiger partial charge on any atom is 0.186 e. The fourth-order valence-corrected chi connectivity index (χ4v) is 12.5. The van der Waals surface area contributed by atoms with Crippen LogP contribution in [0.25, 0.3) is 0 Å². The lowest BCUT2D eigenvalue weighted by Gasteiger charge is -2.60. The smallest absolute Gasteiger partial charge is 0.186 e. The average Bonchev–Trinajstić information content (AvgIpc) is 3.70. The van der Waals surface area contributed by atoms with Crippen LogP contribution in [0.5, 0.6) is 0 Å². The van der Waals surface area contributed by atoms with Crippen LogP contribution in [0.3, 0.4) is 0 Å². The molecule has 21 atom stereocenters. The summed E-state index contributed by atoms with van der Waals surface area (Å²) in [5.74, 6) is 0.668. The van der Waals surface area contributed by atoms with Crippen LogP contribution >= 0.6 is 0 Å². The number of aliphatic hydroxyl groups excluding tert-OH is 8. The summed E-state index contributed by atoms with van der Waals surface area (Å²) in [4.78, 5) is 0. The largest absolute Gasteiger partial charge is 0.394 e. The summed E-state index contributed by atoms with van der Waals surface area (Å²) in [7, 11) is 0. The first-order valence-electron chi connectivity index (χ1n) is 19.5. The van der Waals surface area contributed by atoms with Gasteiger partial charge in [0.15, 0.2) is 18.4 Å². The molecule has 52 heavy (non-hydrogen) atoms. The van der Waals surface area contributed by atoms with E-state index in [-0.39, 0.29) is 42.5 Å². The Morgan fingerprint density at radius 1 is 0.865 bits per heavy atom. The lowest BCUT2D eigenvalue weighted by atomic mass is 9.46. The molecule has 14 heteroatoms. The van der Waals surface area contributed by atoms with Crippen molar-refractivity contribution in [3.63, 3.8) is 0 Å². The quantitative estimate of drug-likeness (QED) is 0.170. The first-order valence-corrected chi connectivity index (χ1v) is 19.5. The van der Waals surface area contributed by atoms with Crippen molar-refractivity contribution in [2.75, 3.05) is 19.8 Å². The molecule has 4 aliphatic heterocycles. The predicted molar refractivity (Wildman–Crippen MR) is 180 cm³/mol. The summed E-state index contributed by atoms with van der Waals surface area (Å²) >= 11 is 0. The summed E-state index contributed by atoms with van der Waals surface area (Å²) in [6, 6.07) is 0. The molecule has 4 saturated heterocycles. The van der Waals surface area contributed by atoms with Crippen LogP contribution in [0.4, 0.5) is 0 Å². The van der Waals surface area contributed by atoms with E-state index < -0.39 is 90.9 Å². The molecule has 0 aromatic rings. The number of ether oxygens (including phenoxy) is 6. The second kappa shape index (κ2) is 13.4. The normalized spacial score (nSPS) is 58.7. The van der Waals surface area contributed by atoms with Crippen molar-refractivity contribution in [3.8, 4) is 0 Å². The highest BCUT2D eigenvalue weighted by molar-refractivity contribution is 5.29. The van der Waals surface area contributed by atoms with E-state index in [9.17, 15) is 40.9 Å². The molecule has 296 valence electrons. The van der Waals surface area contributed by atoms with E-state index in [1.807, 2.05) is 6.92 Å². The topological polar surface area (TPSA) is 217 Å². The van der Waals surface area contributed by atoms with Gasteiger partial charge >= 0.3 is 0 Å². The van der Waals surface area contributed by atoms with Gasteiger partial charge in [0.05, 0.1) is 43.7 Å². The predicted octanol–water partition coefficient (Wildman–Crippen LogP) is 0.0871. The first kappa shape index (κ1) is 38.1.